The Bertz CT molecular complexity index is 692. The lowest BCUT2D eigenvalue weighted by Gasteiger charge is -2.13. The van der Waals surface area contributed by atoms with Crippen LogP contribution in [0.2, 0.25) is 0 Å². The van der Waals surface area contributed by atoms with Gasteiger partial charge in [0.05, 0.1) is 13.2 Å². The molecule has 0 saturated carbocycles. The lowest BCUT2D eigenvalue weighted by Crippen LogP contribution is -2.19. The highest BCUT2D eigenvalue weighted by Gasteiger charge is 2.17. The Balaban J connectivity index is 1.68. The Morgan fingerprint density at radius 3 is 2.68 bits per heavy atom. The van der Waals surface area contributed by atoms with E-state index in [4.69, 9.17) is 14.2 Å². The minimum atomic E-state index is -0.406. The Hall–Kier alpha value is -2.71. The van der Waals surface area contributed by atoms with Crippen molar-refractivity contribution in [2.45, 2.75) is 12.6 Å². The molecule has 2 aromatic carbocycles. The molecule has 0 bridgehead atoms. The van der Waals surface area contributed by atoms with Crippen LogP contribution in [0.25, 0.3) is 0 Å². The number of benzene rings is 2. The van der Waals surface area contributed by atoms with Gasteiger partial charge in [0.1, 0.15) is 11.8 Å². The standard InChI is InChI=1S/C17H16N2O3/c1-20-14-5-2-12(3-6-14)10-19-15(9-18)13-4-7-16-17(8-13)22-11-21-16/h2-8,15,19H,10-11H2,1H3. The second-order valence-corrected chi connectivity index (χ2v) is 4.90. The first-order valence-electron chi connectivity index (χ1n) is 6.95. The summed E-state index contributed by atoms with van der Waals surface area (Å²) in [6, 6.07) is 15.2. The Kier molecular flexibility index (Phi) is 4.12. The molecule has 3 rings (SSSR count). The van der Waals surface area contributed by atoms with Gasteiger partial charge in [-0.05, 0) is 35.4 Å². The number of ether oxygens (including phenoxy) is 3. The minimum Gasteiger partial charge on any atom is -0.497 e. The maximum absolute atomic E-state index is 9.38. The van der Waals surface area contributed by atoms with E-state index in [0.29, 0.717) is 12.3 Å². The van der Waals surface area contributed by atoms with Gasteiger partial charge in [0.15, 0.2) is 11.5 Å². The average molecular weight is 296 g/mol. The average Bonchev–Trinajstić information content (AvgIpc) is 3.04. The maximum Gasteiger partial charge on any atom is 0.231 e. The molecule has 0 amide bonds. The molecule has 1 heterocycles. The molecule has 0 aromatic heterocycles. The summed E-state index contributed by atoms with van der Waals surface area (Å²) in [5.41, 5.74) is 1.95. The third-order valence-corrected chi connectivity index (χ3v) is 3.53. The SMILES string of the molecule is COc1ccc(CNC(C#N)c2ccc3c(c2)OCO3)cc1. The molecule has 22 heavy (non-hydrogen) atoms. The smallest absolute Gasteiger partial charge is 0.231 e. The third kappa shape index (κ3) is 2.97. The van der Waals surface area contributed by atoms with Gasteiger partial charge in [-0.15, -0.1) is 0 Å². The highest BCUT2D eigenvalue weighted by Crippen LogP contribution is 2.34. The summed E-state index contributed by atoms with van der Waals surface area (Å²) in [5, 5.41) is 12.6. The first-order valence-corrected chi connectivity index (χ1v) is 6.95. The molecule has 1 atom stereocenters. The van der Waals surface area contributed by atoms with Crippen molar-refractivity contribution >= 4 is 0 Å². The molecular formula is C17H16N2O3. The normalized spacial score (nSPS) is 13.5. The van der Waals surface area contributed by atoms with Gasteiger partial charge in [-0.25, -0.2) is 0 Å². The molecule has 0 fully saturated rings. The highest BCUT2D eigenvalue weighted by atomic mass is 16.7. The number of hydrogen-bond acceptors (Lipinski definition) is 5. The molecule has 0 radical (unpaired) electrons. The number of methoxy groups -OCH3 is 1. The van der Waals surface area contributed by atoms with Crippen LogP contribution in [0.5, 0.6) is 17.2 Å². The first kappa shape index (κ1) is 14.2. The third-order valence-electron chi connectivity index (χ3n) is 3.53. The number of hydrogen-bond donors (Lipinski definition) is 1. The first-order chi connectivity index (χ1) is 10.8. The van der Waals surface area contributed by atoms with Crippen LogP contribution in [-0.2, 0) is 6.54 Å². The number of fused-ring (bicyclic) bond motifs is 1. The number of nitriles is 1. The van der Waals surface area contributed by atoms with Crippen molar-refractivity contribution < 1.29 is 14.2 Å². The van der Waals surface area contributed by atoms with Crippen molar-refractivity contribution in [1.29, 1.82) is 5.26 Å². The van der Waals surface area contributed by atoms with E-state index in [1.54, 1.807) is 7.11 Å². The number of nitrogens with zero attached hydrogens (tertiary/aromatic N) is 1. The van der Waals surface area contributed by atoms with E-state index in [-0.39, 0.29) is 6.79 Å². The van der Waals surface area contributed by atoms with Gasteiger partial charge in [-0.3, -0.25) is 5.32 Å². The van der Waals surface area contributed by atoms with E-state index in [0.717, 1.165) is 22.6 Å². The van der Waals surface area contributed by atoms with Crippen molar-refractivity contribution in [2.24, 2.45) is 0 Å². The van der Waals surface area contributed by atoms with E-state index < -0.39 is 6.04 Å². The van der Waals surface area contributed by atoms with Crippen LogP contribution in [-0.4, -0.2) is 13.9 Å². The topological polar surface area (TPSA) is 63.5 Å². The van der Waals surface area contributed by atoms with E-state index in [9.17, 15) is 5.26 Å². The summed E-state index contributed by atoms with van der Waals surface area (Å²) in [7, 11) is 1.64. The molecular weight excluding hydrogens is 280 g/mol. The van der Waals surface area contributed by atoms with Crippen LogP contribution < -0.4 is 19.5 Å². The van der Waals surface area contributed by atoms with E-state index in [2.05, 4.69) is 11.4 Å². The largest absolute Gasteiger partial charge is 0.497 e. The fraction of sp³-hybridized carbons (Fsp3) is 0.235. The zero-order valence-electron chi connectivity index (χ0n) is 12.2. The minimum absolute atomic E-state index is 0.231. The van der Waals surface area contributed by atoms with Crippen molar-refractivity contribution in [2.75, 3.05) is 13.9 Å². The van der Waals surface area contributed by atoms with Crippen molar-refractivity contribution in [3.63, 3.8) is 0 Å². The van der Waals surface area contributed by atoms with Gasteiger partial charge < -0.3 is 14.2 Å². The van der Waals surface area contributed by atoms with Crippen LogP contribution in [0.15, 0.2) is 42.5 Å². The zero-order valence-corrected chi connectivity index (χ0v) is 12.2. The molecule has 1 N–H and O–H groups in total. The summed E-state index contributed by atoms with van der Waals surface area (Å²) in [5.74, 6) is 2.22. The number of rotatable bonds is 5. The second kappa shape index (κ2) is 6.37. The quantitative estimate of drug-likeness (QED) is 0.919. The van der Waals surface area contributed by atoms with Crippen LogP contribution in [0.3, 0.4) is 0 Å². The van der Waals surface area contributed by atoms with Crippen molar-refractivity contribution in [3.8, 4) is 23.3 Å². The fourth-order valence-corrected chi connectivity index (χ4v) is 2.29. The summed E-state index contributed by atoms with van der Waals surface area (Å²) >= 11 is 0. The maximum atomic E-state index is 9.38. The lowest BCUT2D eigenvalue weighted by molar-refractivity contribution is 0.174. The molecule has 5 heteroatoms. The van der Waals surface area contributed by atoms with Crippen LogP contribution >= 0.6 is 0 Å². The lowest BCUT2D eigenvalue weighted by atomic mass is 10.1. The molecule has 0 saturated heterocycles. The van der Waals surface area contributed by atoms with Gasteiger partial charge in [0.25, 0.3) is 0 Å². The van der Waals surface area contributed by atoms with E-state index in [1.807, 2.05) is 42.5 Å². The highest BCUT2D eigenvalue weighted by molar-refractivity contribution is 5.46. The van der Waals surface area contributed by atoms with Gasteiger partial charge in [-0.1, -0.05) is 18.2 Å². The van der Waals surface area contributed by atoms with Crippen molar-refractivity contribution in [1.82, 2.24) is 5.32 Å². The predicted molar refractivity (Wildman–Crippen MR) is 80.8 cm³/mol. The van der Waals surface area contributed by atoms with Crippen LogP contribution in [0.1, 0.15) is 17.2 Å². The summed E-state index contributed by atoms with van der Waals surface area (Å²) in [6.45, 7) is 0.825. The molecule has 5 nitrogen and oxygen atoms in total. The Morgan fingerprint density at radius 2 is 1.95 bits per heavy atom. The molecule has 0 spiro atoms. The predicted octanol–water partition coefficient (Wildman–Crippen LogP) is 2.78. The molecule has 1 unspecified atom stereocenters. The second-order valence-electron chi connectivity index (χ2n) is 4.90. The van der Waals surface area contributed by atoms with E-state index >= 15 is 0 Å². The molecule has 2 aromatic rings. The Labute approximate surface area is 129 Å². The summed E-state index contributed by atoms with van der Waals surface area (Å²) < 4.78 is 15.8. The van der Waals surface area contributed by atoms with Crippen molar-refractivity contribution in [3.05, 3.63) is 53.6 Å². The fourth-order valence-electron chi connectivity index (χ4n) is 2.29. The molecule has 0 aliphatic carbocycles. The van der Waals surface area contributed by atoms with Gasteiger partial charge in [0, 0.05) is 6.54 Å². The van der Waals surface area contributed by atoms with E-state index in [1.165, 1.54) is 0 Å². The van der Waals surface area contributed by atoms with Crippen LogP contribution in [0, 0.1) is 11.3 Å². The molecule has 112 valence electrons. The summed E-state index contributed by atoms with van der Waals surface area (Å²) in [4.78, 5) is 0. The van der Waals surface area contributed by atoms with Gasteiger partial charge in [0.2, 0.25) is 6.79 Å². The van der Waals surface area contributed by atoms with Crippen LogP contribution in [0.4, 0.5) is 0 Å². The number of nitrogens with one attached hydrogen (secondary N) is 1. The summed E-state index contributed by atoms with van der Waals surface area (Å²) in [6.07, 6.45) is 0. The Morgan fingerprint density at radius 1 is 1.18 bits per heavy atom. The zero-order chi connectivity index (χ0) is 15.4. The molecule has 1 aliphatic rings. The monoisotopic (exact) mass is 296 g/mol. The van der Waals surface area contributed by atoms with Gasteiger partial charge in [-0.2, -0.15) is 5.26 Å². The molecule has 1 aliphatic heterocycles. The van der Waals surface area contributed by atoms with Gasteiger partial charge >= 0.3 is 0 Å².